The van der Waals surface area contributed by atoms with Crippen molar-refractivity contribution in [3.05, 3.63) is 54.1 Å². The van der Waals surface area contributed by atoms with E-state index in [9.17, 15) is 4.79 Å². The maximum absolute atomic E-state index is 12.9. The van der Waals surface area contributed by atoms with Crippen LogP contribution in [0.4, 0.5) is 0 Å². The van der Waals surface area contributed by atoms with E-state index in [1.54, 1.807) is 0 Å². The second-order valence-corrected chi connectivity index (χ2v) is 8.06. The van der Waals surface area contributed by atoms with Crippen molar-refractivity contribution in [3.63, 3.8) is 0 Å². The Hall–Kier alpha value is -2.18. The van der Waals surface area contributed by atoms with E-state index >= 15 is 0 Å². The highest BCUT2D eigenvalue weighted by molar-refractivity contribution is 5.77. The number of hydrogen-bond acceptors (Lipinski definition) is 4. The zero-order valence-electron chi connectivity index (χ0n) is 16.7. The topological polar surface area (TPSA) is 50.6 Å². The van der Waals surface area contributed by atoms with Crippen LogP contribution in [0, 0.1) is 0 Å². The second-order valence-electron chi connectivity index (χ2n) is 8.06. The van der Waals surface area contributed by atoms with Crippen LogP contribution in [0.5, 0.6) is 0 Å². The summed E-state index contributed by atoms with van der Waals surface area (Å²) in [5.74, 6) is 1.35. The number of nitrogens with zero attached hydrogens (tertiary/aromatic N) is 4. The lowest BCUT2D eigenvalue weighted by Gasteiger charge is -2.40. The van der Waals surface area contributed by atoms with Gasteiger partial charge in [-0.3, -0.25) is 4.79 Å². The molecule has 1 amide bonds. The second kappa shape index (κ2) is 8.45. The van der Waals surface area contributed by atoms with E-state index in [1.807, 2.05) is 42.5 Å². The van der Waals surface area contributed by atoms with Gasteiger partial charge in [-0.05, 0) is 18.4 Å². The number of ether oxygens (including phenoxy) is 1. The van der Waals surface area contributed by atoms with Gasteiger partial charge in [-0.1, -0.05) is 30.3 Å². The van der Waals surface area contributed by atoms with Crippen molar-refractivity contribution in [1.29, 1.82) is 0 Å². The number of aryl methyl sites for hydroxylation is 1. The Balaban J connectivity index is 1.30. The van der Waals surface area contributed by atoms with Gasteiger partial charge in [-0.25, -0.2) is 4.98 Å². The Morgan fingerprint density at radius 3 is 2.64 bits per heavy atom. The monoisotopic (exact) mass is 382 g/mol. The van der Waals surface area contributed by atoms with Crippen LogP contribution in [0.1, 0.15) is 30.7 Å². The zero-order chi connectivity index (χ0) is 19.4. The van der Waals surface area contributed by atoms with Gasteiger partial charge >= 0.3 is 0 Å². The quantitative estimate of drug-likeness (QED) is 0.796. The number of rotatable bonds is 5. The third-order valence-corrected chi connectivity index (χ3v) is 6.15. The fourth-order valence-electron chi connectivity index (χ4n) is 4.31. The Labute approximate surface area is 167 Å². The predicted molar refractivity (Wildman–Crippen MR) is 108 cm³/mol. The first kappa shape index (κ1) is 19.2. The van der Waals surface area contributed by atoms with E-state index in [-0.39, 0.29) is 11.5 Å². The summed E-state index contributed by atoms with van der Waals surface area (Å²) in [6, 6.07) is 10.2. The van der Waals surface area contributed by atoms with Crippen molar-refractivity contribution in [3.8, 4) is 0 Å². The molecular weight excluding hydrogens is 352 g/mol. The SMILES string of the molecule is Cn1ccnc1CCN1CCC2(CC1)CC(=O)N(Cc1ccccc1)CCO2. The highest BCUT2D eigenvalue weighted by Gasteiger charge is 2.40. The molecular formula is C22H30N4O2. The minimum absolute atomic E-state index is 0.225. The van der Waals surface area contributed by atoms with Gasteiger partial charge in [0.1, 0.15) is 5.82 Å². The fraction of sp³-hybridized carbons (Fsp3) is 0.545. The van der Waals surface area contributed by atoms with Crippen LogP contribution in [0.2, 0.25) is 0 Å². The minimum Gasteiger partial charge on any atom is -0.373 e. The number of carbonyl (C=O) groups is 1. The van der Waals surface area contributed by atoms with Gasteiger partial charge in [0.15, 0.2) is 0 Å². The summed E-state index contributed by atoms with van der Waals surface area (Å²) in [4.78, 5) is 21.8. The molecule has 2 saturated heterocycles. The first-order valence-corrected chi connectivity index (χ1v) is 10.3. The highest BCUT2D eigenvalue weighted by atomic mass is 16.5. The molecule has 0 aliphatic carbocycles. The summed E-state index contributed by atoms with van der Waals surface area (Å²) in [5.41, 5.74) is 0.901. The molecule has 28 heavy (non-hydrogen) atoms. The first-order valence-electron chi connectivity index (χ1n) is 10.3. The lowest BCUT2D eigenvalue weighted by molar-refractivity contribution is -0.136. The van der Waals surface area contributed by atoms with E-state index in [1.165, 1.54) is 5.56 Å². The van der Waals surface area contributed by atoms with Crippen molar-refractivity contribution >= 4 is 5.91 Å². The van der Waals surface area contributed by atoms with Crippen LogP contribution in [0.25, 0.3) is 0 Å². The van der Waals surface area contributed by atoms with Crippen LogP contribution >= 0.6 is 0 Å². The largest absolute Gasteiger partial charge is 0.373 e. The number of piperidine rings is 1. The molecule has 2 aliphatic rings. The van der Waals surface area contributed by atoms with Crippen LogP contribution in [-0.4, -0.2) is 63.6 Å². The van der Waals surface area contributed by atoms with Crippen molar-refractivity contribution < 1.29 is 9.53 Å². The van der Waals surface area contributed by atoms with Gasteiger partial charge in [0.2, 0.25) is 5.91 Å². The van der Waals surface area contributed by atoms with Gasteiger partial charge in [0.05, 0.1) is 18.6 Å². The van der Waals surface area contributed by atoms with Gasteiger partial charge in [0.25, 0.3) is 0 Å². The van der Waals surface area contributed by atoms with E-state index in [2.05, 4.69) is 26.6 Å². The normalized spacial score (nSPS) is 20.5. The van der Waals surface area contributed by atoms with Crippen LogP contribution in [0.3, 0.4) is 0 Å². The molecule has 0 atom stereocenters. The number of imidazole rings is 1. The molecule has 2 aliphatic heterocycles. The maximum atomic E-state index is 12.9. The van der Waals surface area contributed by atoms with Gasteiger partial charge < -0.3 is 19.1 Å². The number of carbonyl (C=O) groups excluding carboxylic acids is 1. The summed E-state index contributed by atoms with van der Waals surface area (Å²) < 4.78 is 8.37. The summed E-state index contributed by atoms with van der Waals surface area (Å²) in [7, 11) is 2.04. The first-order chi connectivity index (χ1) is 13.6. The molecule has 6 heteroatoms. The van der Waals surface area contributed by atoms with Crippen molar-refractivity contribution in [1.82, 2.24) is 19.4 Å². The predicted octanol–water partition coefficient (Wildman–Crippen LogP) is 2.25. The molecule has 0 N–H and O–H groups in total. The molecule has 3 heterocycles. The van der Waals surface area contributed by atoms with E-state index in [0.717, 1.165) is 44.7 Å². The molecule has 1 aromatic heterocycles. The number of hydrogen-bond donors (Lipinski definition) is 0. The molecule has 0 bridgehead atoms. The van der Waals surface area contributed by atoms with E-state index < -0.39 is 0 Å². The molecule has 0 radical (unpaired) electrons. The summed E-state index contributed by atoms with van der Waals surface area (Å²) in [5, 5.41) is 0. The molecule has 4 rings (SSSR count). The van der Waals surface area contributed by atoms with Crippen LogP contribution in [-0.2, 0) is 29.5 Å². The molecule has 0 saturated carbocycles. The van der Waals surface area contributed by atoms with Crippen LogP contribution in [0.15, 0.2) is 42.7 Å². The third kappa shape index (κ3) is 4.45. The summed E-state index contributed by atoms with van der Waals surface area (Å²) in [6.45, 7) is 4.96. The van der Waals surface area contributed by atoms with Gasteiger partial charge in [-0.2, -0.15) is 0 Å². The Morgan fingerprint density at radius 2 is 1.93 bits per heavy atom. The smallest absolute Gasteiger partial charge is 0.225 e. The average molecular weight is 383 g/mol. The highest BCUT2D eigenvalue weighted by Crippen LogP contribution is 2.32. The molecule has 1 aromatic carbocycles. The Kier molecular flexibility index (Phi) is 5.78. The van der Waals surface area contributed by atoms with E-state index in [0.29, 0.717) is 26.1 Å². The Bertz CT molecular complexity index is 781. The fourth-order valence-corrected chi connectivity index (χ4v) is 4.31. The Morgan fingerprint density at radius 1 is 1.14 bits per heavy atom. The number of benzene rings is 1. The van der Waals surface area contributed by atoms with Gasteiger partial charge in [0, 0.05) is 58.6 Å². The van der Waals surface area contributed by atoms with Crippen molar-refractivity contribution in [2.24, 2.45) is 7.05 Å². The lowest BCUT2D eigenvalue weighted by Crippen LogP contribution is -2.47. The maximum Gasteiger partial charge on any atom is 0.225 e. The summed E-state index contributed by atoms with van der Waals surface area (Å²) in [6.07, 6.45) is 7.17. The van der Waals surface area contributed by atoms with E-state index in [4.69, 9.17) is 4.74 Å². The standard InChI is InChI=1S/C22H30N4O2/c1-24-14-10-23-20(24)7-11-25-12-8-22(9-13-25)17-21(27)26(15-16-28-22)18-19-5-3-2-4-6-19/h2-6,10,14H,7-9,11-13,15-18H2,1H3. The number of amides is 1. The zero-order valence-corrected chi connectivity index (χ0v) is 16.7. The minimum atomic E-state index is -0.276. The van der Waals surface area contributed by atoms with Crippen LogP contribution < -0.4 is 0 Å². The molecule has 0 unspecified atom stereocenters. The molecule has 6 nitrogen and oxygen atoms in total. The lowest BCUT2D eigenvalue weighted by atomic mass is 9.87. The van der Waals surface area contributed by atoms with Gasteiger partial charge in [-0.15, -0.1) is 0 Å². The molecule has 1 spiro atoms. The average Bonchev–Trinajstić information content (AvgIpc) is 3.06. The molecule has 2 aromatic rings. The molecule has 2 fully saturated rings. The van der Waals surface area contributed by atoms with Crippen molar-refractivity contribution in [2.75, 3.05) is 32.8 Å². The van der Waals surface area contributed by atoms with Crippen molar-refractivity contribution in [2.45, 2.75) is 37.8 Å². The summed E-state index contributed by atoms with van der Waals surface area (Å²) >= 11 is 0. The number of aromatic nitrogens is 2. The molecule has 150 valence electrons. The number of likely N-dealkylation sites (tertiary alicyclic amines) is 1. The third-order valence-electron chi connectivity index (χ3n) is 6.15.